The number of unbranched alkanes of at least 4 members (excludes halogenated alkanes) is 2. The molecule has 2 saturated heterocycles. The molecule has 26 heavy (non-hydrogen) atoms. The molecule has 0 aromatic carbocycles. The molecule has 2 aromatic rings. The fraction of sp³-hybridized carbons (Fsp3) is 0.611. The van der Waals surface area contributed by atoms with Gasteiger partial charge in [-0.25, -0.2) is 15.0 Å². The second-order valence-corrected chi connectivity index (χ2v) is 7.00. The number of fused-ring (bicyclic) bond motifs is 2. The number of ether oxygens (including phenoxy) is 3. The topological polar surface area (TPSA) is 97.3 Å². The highest BCUT2D eigenvalue weighted by molar-refractivity contribution is 5.82. The van der Waals surface area contributed by atoms with Gasteiger partial charge < -0.3 is 19.9 Å². The lowest BCUT2D eigenvalue weighted by Crippen LogP contribution is -2.28. The van der Waals surface area contributed by atoms with Gasteiger partial charge in [0.05, 0.1) is 6.61 Å². The van der Waals surface area contributed by atoms with Gasteiger partial charge in [0.15, 0.2) is 34.8 Å². The minimum Gasteiger partial charge on any atom is -0.382 e. The van der Waals surface area contributed by atoms with E-state index in [-0.39, 0.29) is 12.2 Å². The molecule has 4 rings (SSSR count). The second-order valence-electron chi connectivity index (χ2n) is 7.00. The molecule has 0 radical (unpaired) electrons. The van der Waals surface area contributed by atoms with Gasteiger partial charge in [-0.1, -0.05) is 19.3 Å². The Hall–Kier alpha value is -2.21. The van der Waals surface area contributed by atoms with Crippen LogP contribution in [0.25, 0.3) is 11.2 Å². The summed E-state index contributed by atoms with van der Waals surface area (Å²) >= 11 is 0. The molecule has 8 heteroatoms. The molecule has 0 unspecified atom stereocenters. The van der Waals surface area contributed by atoms with Crippen LogP contribution in [0.15, 0.2) is 6.33 Å². The molecule has 0 amide bonds. The highest BCUT2D eigenvalue weighted by Crippen LogP contribution is 2.41. The Balaban J connectivity index is 1.77. The van der Waals surface area contributed by atoms with Crippen LogP contribution in [0.3, 0.4) is 0 Å². The first kappa shape index (κ1) is 17.2. The predicted octanol–water partition coefficient (Wildman–Crippen LogP) is 2.00. The van der Waals surface area contributed by atoms with E-state index in [0.717, 1.165) is 19.3 Å². The standard InChI is InChI=1S/C18H23N5O3/c1-4-5-6-7-8-12-22-13-15(19)20-10-21-16(13)23(12)17-14-11(9-24-17)25-18(2,3)26-14/h10-11,14,17H,4-6,9H2,1-3H3,(H2,19,20,21)/t11-,14-,17-/m1/s1. The van der Waals surface area contributed by atoms with Crippen molar-refractivity contribution in [3.8, 4) is 11.8 Å². The van der Waals surface area contributed by atoms with Crippen molar-refractivity contribution in [2.45, 2.75) is 64.3 Å². The Kier molecular flexibility index (Phi) is 4.31. The first-order valence-electron chi connectivity index (χ1n) is 8.94. The lowest BCUT2D eigenvalue weighted by molar-refractivity contribution is -0.183. The maximum atomic E-state index is 6.07. The van der Waals surface area contributed by atoms with Crippen molar-refractivity contribution in [2.24, 2.45) is 0 Å². The molecule has 2 aliphatic heterocycles. The summed E-state index contributed by atoms with van der Waals surface area (Å²) in [4.78, 5) is 13.0. The van der Waals surface area contributed by atoms with Crippen molar-refractivity contribution in [3.05, 3.63) is 12.2 Å². The maximum Gasteiger partial charge on any atom is 0.189 e. The Morgan fingerprint density at radius 3 is 3.00 bits per heavy atom. The normalized spacial score (nSPS) is 26.7. The third-order valence-electron chi connectivity index (χ3n) is 4.55. The Bertz CT molecular complexity index is 882. The molecule has 0 spiro atoms. The summed E-state index contributed by atoms with van der Waals surface area (Å²) in [5.41, 5.74) is 7.11. The van der Waals surface area contributed by atoms with Crippen LogP contribution < -0.4 is 5.73 Å². The summed E-state index contributed by atoms with van der Waals surface area (Å²) in [5.74, 6) is 6.55. The van der Waals surface area contributed by atoms with Crippen LogP contribution in [-0.2, 0) is 14.2 Å². The zero-order chi connectivity index (χ0) is 18.3. The van der Waals surface area contributed by atoms with Crippen LogP contribution in [-0.4, -0.2) is 44.1 Å². The quantitative estimate of drug-likeness (QED) is 0.663. The van der Waals surface area contributed by atoms with E-state index < -0.39 is 12.0 Å². The number of nitrogens with two attached hydrogens (primary N) is 1. The lowest BCUT2D eigenvalue weighted by Gasteiger charge is -2.23. The average molecular weight is 357 g/mol. The van der Waals surface area contributed by atoms with Gasteiger partial charge in [-0.15, -0.1) is 0 Å². The zero-order valence-corrected chi connectivity index (χ0v) is 15.2. The summed E-state index contributed by atoms with van der Waals surface area (Å²) in [5, 5.41) is 0. The predicted molar refractivity (Wildman–Crippen MR) is 95.0 cm³/mol. The zero-order valence-electron chi connectivity index (χ0n) is 15.2. The molecule has 4 heterocycles. The van der Waals surface area contributed by atoms with Crippen LogP contribution in [0.1, 0.15) is 52.1 Å². The van der Waals surface area contributed by atoms with E-state index in [1.807, 2.05) is 18.4 Å². The summed E-state index contributed by atoms with van der Waals surface area (Å²) in [6.45, 7) is 6.39. The van der Waals surface area contributed by atoms with Gasteiger partial charge in [0.1, 0.15) is 18.5 Å². The van der Waals surface area contributed by atoms with Crippen LogP contribution >= 0.6 is 0 Å². The van der Waals surface area contributed by atoms with E-state index in [1.165, 1.54) is 6.33 Å². The van der Waals surface area contributed by atoms with E-state index >= 15 is 0 Å². The number of nitrogens with zero attached hydrogens (tertiary/aromatic N) is 4. The van der Waals surface area contributed by atoms with Crippen molar-refractivity contribution in [1.29, 1.82) is 0 Å². The van der Waals surface area contributed by atoms with Crippen molar-refractivity contribution in [2.75, 3.05) is 12.3 Å². The molecule has 0 saturated carbocycles. The van der Waals surface area contributed by atoms with Crippen molar-refractivity contribution >= 4 is 17.0 Å². The molecular formula is C18H23N5O3. The molecular weight excluding hydrogens is 334 g/mol. The van der Waals surface area contributed by atoms with Crippen LogP contribution in [0.2, 0.25) is 0 Å². The van der Waals surface area contributed by atoms with Crippen LogP contribution in [0, 0.1) is 11.8 Å². The SMILES string of the molecule is CCCCC#Cc1nc2c(N)ncnc2n1[C@@H]1OC[C@H]2OC(C)(C)O[C@@H]12. The highest BCUT2D eigenvalue weighted by Gasteiger charge is 2.51. The number of rotatable bonds is 3. The van der Waals surface area contributed by atoms with E-state index in [9.17, 15) is 0 Å². The van der Waals surface area contributed by atoms with Gasteiger partial charge >= 0.3 is 0 Å². The number of aromatic nitrogens is 4. The number of hydrogen-bond acceptors (Lipinski definition) is 7. The molecule has 138 valence electrons. The molecule has 2 fully saturated rings. The fourth-order valence-corrected chi connectivity index (χ4v) is 3.41. The van der Waals surface area contributed by atoms with Crippen LogP contribution in [0.4, 0.5) is 5.82 Å². The van der Waals surface area contributed by atoms with E-state index in [4.69, 9.17) is 19.9 Å². The van der Waals surface area contributed by atoms with E-state index in [1.54, 1.807) is 0 Å². The van der Waals surface area contributed by atoms with E-state index in [0.29, 0.717) is 29.4 Å². The molecule has 2 aliphatic rings. The summed E-state index contributed by atoms with van der Waals surface area (Å²) in [6, 6.07) is 0. The smallest absolute Gasteiger partial charge is 0.189 e. The monoisotopic (exact) mass is 357 g/mol. The maximum absolute atomic E-state index is 6.07. The first-order chi connectivity index (χ1) is 12.5. The second kappa shape index (κ2) is 6.50. The number of imidazole rings is 1. The number of nitrogen functional groups attached to an aromatic ring is 1. The minimum atomic E-state index is -0.644. The Labute approximate surface area is 152 Å². The Morgan fingerprint density at radius 2 is 2.19 bits per heavy atom. The van der Waals surface area contributed by atoms with Crippen molar-refractivity contribution in [3.63, 3.8) is 0 Å². The minimum absolute atomic E-state index is 0.132. The van der Waals surface area contributed by atoms with Gasteiger partial charge in [0.25, 0.3) is 0 Å². The molecule has 8 nitrogen and oxygen atoms in total. The molecule has 0 bridgehead atoms. The fourth-order valence-electron chi connectivity index (χ4n) is 3.41. The van der Waals surface area contributed by atoms with Gasteiger partial charge in [0.2, 0.25) is 0 Å². The average Bonchev–Trinajstić information content (AvgIpc) is 3.22. The van der Waals surface area contributed by atoms with Gasteiger partial charge in [-0.2, -0.15) is 0 Å². The third kappa shape index (κ3) is 2.92. The molecule has 3 atom stereocenters. The third-order valence-corrected chi connectivity index (χ3v) is 4.55. The van der Waals surface area contributed by atoms with Gasteiger partial charge in [0, 0.05) is 6.42 Å². The van der Waals surface area contributed by atoms with Crippen molar-refractivity contribution < 1.29 is 14.2 Å². The largest absolute Gasteiger partial charge is 0.382 e. The van der Waals surface area contributed by atoms with Gasteiger partial charge in [-0.3, -0.25) is 4.57 Å². The highest BCUT2D eigenvalue weighted by atomic mass is 16.8. The van der Waals surface area contributed by atoms with Gasteiger partial charge in [-0.05, 0) is 26.2 Å². The molecule has 2 N–H and O–H groups in total. The van der Waals surface area contributed by atoms with Crippen molar-refractivity contribution in [1.82, 2.24) is 19.5 Å². The summed E-state index contributed by atoms with van der Waals surface area (Å²) < 4.78 is 19.8. The summed E-state index contributed by atoms with van der Waals surface area (Å²) in [6.07, 6.45) is 3.57. The first-order valence-corrected chi connectivity index (χ1v) is 8.94. The van der Waals surface area contributed by atoms with Crippen LogP contribution in [0.5, 0.6) is 0 Å². The van der Waals surface area contributed by atoms with E-state index in [2.05, 4.69) is 33.7 Å². The molecule has 0 aliphatic carbocycles. The molecule has 2 aromatic heterocycles. The number of hydrogen-bond donors (Lipinski definition) is 1. The Morgan fingerprint density at radius 1 is 1.35 bits per heavy atom. The number of anilines is 1. The lowest BCUT2D eigenvalue weighted by atomic mass is 10.2. The summed E-state index contributed by atoms with van der Waals surface area (Å²) in [7, 11) is 0.